The Balaban J connectivity index is 2.11. The number of rotatable bonds is 3. The van der Waals surface area contributed by atoms with Crippen molar-refractivity contribution >= 4 is 33.7 Å². The summed E-state index contributed by atoms with van der Waals surface area (Å²) in [6.07, 6.45) is 2.43. The van der Waals surface area contributed by atoms with Crippen LogP contribution in [0.5, 0.6) is 0 Å². The van der Waals surface area contributed by atoms with Crippen molar-refractivity contribution in [3.8, 4) is 0 Å². The molecule has 2 rings (SSSR count). The first kappa shape index (κ1) is 14.8. The van der Waals surface area contributed by atoms with Crippen LogP contribution >= 0.6 is 15.9 Å². The van der Waals surface area contributed by atoms with E-state index in [9.17, 15) is 14.4 Å². The molecule has 1 fully saturated rings. The number of amides is 3. The second-order valence-corrected chi connectivity index (χ2v) is 5.60. The van der Waals surface area contributed by atoms with E-state index in [0.717, 1.165) is 9.37 Å². The van der Waals surface area contributed by atoms with Gasteiger partial charge in [-0.25, -0.2) is 0 Å². The number of likely N-dealkylation sites (tertiary alicyclic amines) is 1. The van der Waals surface area contributed by atoms with Gasteiger partial charge >= 0.3 is 0 Å². The molecule has 1 unspecified atom stereocenters. The van der Waals surface area contributed by atoms with Gasteiger partial charge in [0, 0.05) is 30.7 Å². The number of halogens is 1. The third-order valence-corrected chi connectivity index (χ3v) is 3.83. The van der Waals surface area contributed by atoms with Gasteiger partial charge in [-0.1, -0.05) is 0 Å². The third-order valence-electron chi connectivity index (χ3n) is 3.39. The van der Waals surface area contributed by atoms with E-state index in [1.165, 1.54) is 7.05 Å². The van der Waals surface area contributed by atoms with E-state index in [4.69, 9.17) is 0 Å². The molecular weight excluding hydrogens is 326 g/mol. The highest BCUT2D eigenvalue weighted by Crippen LogP contribution is 2.16. The highest BCUT2D eigenvalue weighted by atomic mass is 79.9. The summed E-state index contributed by atoms with van der Waals surface area (Å²) in [6.45, 7) is 2.59. The summed E-state index contributed by atoms with van der Waals surface area (Å²) in [7, 11) is 1.44. The number of aromatic nitrogens is 1. The highest BCUT2D eigenvalue weighted by Gasteiger charge is 2.33. The number of likely N-dealkylation sites (N-methyl/N-ethyl adjacent to an activating group) is 1. The van der Waals surface area contributed by atoms with Gasteiger partial charge in [-0.2, -0.15) is 0 Å². The standard InChI is InChI=1S/C13H16BrN3O3/c1-3-17-7-8(14)6-10(17)12(19)15-9-4-5-11(18)16(2)13(9)20/h6-7,9H,3-5H2,1-2H3,(H,15,19). The molecule has 0 saturated carbocycles. The molecule has 1 N–H and O–H groups in total. The number of imide groups is 1. The van der Waals surface area contributed by atoms with Crippen LogP contribution in [0.3, 0.4) is 0 Å². The third kappa shape index (κ3) is 2.77. The van der Waals surface area contributed by atoms with Crippen LogP contribution in [0.4, 0.5) is 0 Å². The molecule has 0 radical (unpaired) electrons. The molecule has 20 heavy (non-hydrogen) atoms. The van der Waals surface area contributed by atoms with Crippen molar-refractivity contribution in [3.05, 3.63) is 22.4 Å². The van der Waals surface area contributed by atoms with Crippen molar-refractivity contribution in [2.24, 2.45) is 0 Å². The number of nitrogens with one attached hydrogen (secondary N) is 1. The number of hydrogen-bond donors (Lipinski definition) is 1. The zero-order chi connectivity index (χ0) is 14.9. The number of hydrogen-bond acceptors (Lipinski definition) is 3. The predicted molar refractivity (Wildman–Crippen MR) is 76.1 cm³/mol. The van der Waals surface area contributed by atoms with Gasteiger partial charge in [0.25, 0.3) is 11.8 Å². The van der Waals surface area contributed by atoms with E-state index in [1.54, 1.807) is 10.6 Å². The first-order valence-corrected chi connectivity index (χ1v) is 7.20. The minimum atomic E-state index is -0.635. The maximum absolute atomic E-state index is 12.2. The van der Waals surface area contributed by atoms with Crippen LogP contribution in [0, 0.1) is 0 Å². The van der Waals surface area contributed by atoms with Crippen molar-refractivity contribution < 1.29 is 14.4 Å². The van der Waals surface area contributed by atoms with Gasteiger partial charge in [0.05, 0.1) is 0 Å². The molecule has 0 aromatic carbocycles. The van der Waals surface area contributed by atoms with E-state index >= 15 is 0 Å². The lowest BCUT2D eigenvalue weighted by Gasteiger charge is -2.28. The number of nitrogens with zero attached hydrogens (tertiary/aromatic N) is 2. The molecule has 1 aliphatic rings. The summed E-state index contributed by atoms with van der Waals surface area (Å²) in [6, 6.07) is 1.07. The van der Waals surface area contributed by atoms with E-state index in [0.29, 0.717) is 18.7 Å². The topological polar surface area (TPSA) is 71.4 Å². The molecule has 0 bridgehead atoms. The molecule has 0 aliphatic carbocycles. The zero-order valence-corrected chi connectivity index (χ0v) is 12.9. The van der Waals surface area contributed by atoms with Crippen LogP contribution < -0.4 is 5.32 Å². The summed E-state index contributed by atoms with van der Waals surface area (Å²) in [5.74, 6) is -0.873. The smallest absolute Gasteiger partial charge is 0.268 e. The van der Waals surface area contributed by atoms with E-state index in [1.807, 2.05) is 13.1 Å². The molecule has 0 spiro atoms. The Labute approximate surface area is 125 Å². The van der Waals surface area contributed by atoms with Crippen LogP contribution in [-0.4, -0.2) is 40.3 Å². The first-order valence-electron chi connectivity index (χ1n) is 6.41. The highest BCUT2D eigenvalue weighted by molar-refractivity contribution is 9.10. The summed E-state index contributed by atoms with van der Waals surface area (Å²) in [5, 5.41) is 2.70. The largest absolute Gasteiger partial charge is 0.343 e. The number of aryl methyl sites for hydroxylation is 1. The Morgan fingerprint density at radius 2 is 2.20 bits per heavy atom. The lowest BCUT2D eigenvalue weighted by Crippen LogP contribution is -2.53. The minimum absolute atomic E-state index is 0.208. The Hall–Kier alpha value is -1.63. The second kappa shape index (κ2) is 5.78. The van der Waals surface area contributed by atoms with Gasteiger partial charge in [0.2, 0.25) is 5.91 Å². The second-order valence-electron chi connectivity index (χ2n) is 4.69. The number of carbonyl (C=O) groups excluding carboxylic acids is 3. The average Bonchev–Trinajstić information content (AvgIpc) is 2.80. The van der Waals surface area contributed by atoms with Crippen molar-refractivity contribution in [2.75, 3.05) is 7.05 Å². The van der Waals surface area contributed by atoms with E-state index in [2.05, 4.69) is 21.2 Å². The quantitative estimate of drug-likeness (QED) is 0.838. The minimum Gasteiger partial charge on any atom is -0.343 e. The van der Waals surface area contributed by atoms with Crippen molar-refractivity contribution in [1.29, 1.82) is 0 Å². The Kier molecular flexibility index (Phi) is 4.27. The summed E-state index contributed by atoms with van der Waals surface area (Å²) >= 11 is 3.33. The lowest BCUT2D eigenvalue weighted by molar-refractivity contribution is -0.147. The van der Waals surface area contributed by atoms with Gasteiger partial charge in [-0.05, 0) is 35.3 Å². The van der Waals surface area contributed by atoms with Crippen LogP contribution in [0.1, 0.15) is 30.3 Å². The Bertz CT molecular complexity index is 567. The first-order chi connectivity index (χ1) is 9.43. The molecule has 1 saturated heterocycles. The van der Waals surface area contributed by atoms with Crippen molar-refractivity contribution in [1.82, 2.24) is 14.8 Å². The number of piperidine rings is 1. The van der Waals surface area contributed by atoms with E-state index < -0.39 is 6.04 Å². The van der Waals surface area contributed by atoms with Crippen LogP contribution in [-0.2, 0) is 16.1 Å². The lowest BCUT2D eigenvalue weighted by atomic mass is 10.0. The molecule has 7 heteroatoms. The monoisotopic (exact) mass is 341 g/mol. The predicted octanol–water partition coefficient (Wildman–Crippen LogP) is 1.15. The number of carbonyl (C=O) groups is 3. The molecule has 1 aliphatic heterocycles. The fourth-order valence-corrected chi connectivity index (χ4v) is 2.67. The Morgan fingerprint density at radius 1 is 1.50 bits per heavy atom. The summed E-state index contributed by atoms with van der Waals surface area (Å²) in [5.41, 5.74) is 0.492. The maximum Gasteiger partial charge on any atom is 0.268 e. The zero-order valence-electron chi connectivity index (χ0n) is 11.4. The molecule has 1 aromatic rings. The summed E-state index contributed by atoms with van der Waals surface area (Å²) in [4.78, 5) is 36.6. The molecule has 2 heterocycles. The van der Waals surface area contributed by atoms with Gasteiger partial charge in [-0.3, -0.25) is 19.3 Å². The molecule has 6 nitrogen and oxygen atoms in total. The van der Waals surface area contributed by atoms with Crippen LogP contribution in [0.2, 0.25) is 0 Å². The molecular formula is C13H16BrN3O3. The van der Waals surface area contributed by atoms with Crippen LogP contribution in [0.25, 0.3) is 0 Å². The van der Waals surface area contributed by atoms with Gasteiger partial charge in [-0.15, -0.1) is 0 Å². The fraction of sp³-hybridized carbons (Fsp3) is 0.462. The molecule has 108 valence electrons. The SMILES string of the molecule is CCn1cc(Br)cc1C(=O)NC1CCC(=O)N(C)C1=O. The van der Waals surface area contributed by atoms with Gasteiger partial charge < -0.3 is 9.88 Å². The maximum atomic E-state index is 12.2. The Morgan fingerprint density at radius 3 is 2.85 bits per heavy atom. The normalized spacial score (nSPS) is 19.4. The van der Waals surface area contributed by atoms with Crippen molar-refractivity contribution in [3.63, 3.8) is 0 Å². The van der Waals surface area contributed by atoms with Crippen molar-refractivity contribution in [2.45, 2.75) is 32.4 Å². The van der Waals surface area contributed by atoms with Crippen LogP contribution in [0.15, 0.2) is 16.7 Å². The molecule has 3 amide bonds. The average molecular weight is 342 g/mol. The molecule has 1 aromatic heterocycles. The van der Waals surface area contributed by atoms with Gasteiger partial charge in [0.15, 0.2) is 0 Å². The van der Waals surface area contributed by atoms with E-state index in [-0.39, 0.29) is 24.1 Å². The molecule has 1 atom stereocenters. The fourth-order valence-electron chi connectivity index (χ4n) is 2.21. The summed E-state index contributed by atoms with van der Waals surface area (Å²) < 4.78 is 2.61. The van der Waals surface area contributed by atoms with Gasteiger partial charge in [0.1, 0.15) is 11.7 Å².